The predicted molar refractivity (Wildman–Crippen MR) is 129 cm³/mol. The van der Waals surface area contributed by atoms with Gasteiger partial charge >= 0.3 is 18.2 Å². The Morgan fingerprint density at radius 2 is 1.56 bits per heavy atom. The van der Waals surface area contributed by atoms with E-state index in [0.717, 1.165) is 5.56 Å². The van der Waals surface area contributed by atoms with Crippen LogP contribution in [-0.4, -0.2) is 41.4 Å². The van der Waals surface area contributed by atoms with Gasteiger partial charge in [-0.2, -0.15) is 0 Å². The van der Waals surface area contributed by atoms with Gasteiger partial charge in [-0.3, -0.25) is 0 Å². The van der Waals surface area contributed by atoms with Crippen LogP contribution in [0.3, 0.4) is 0 Å². The Bertz CT molecular complexity index is 854. The molecule has 1 fully saturated rings. The molecular weight excluding hydrogens is 436 g/mol. The molecule has 0 aromatic heterocycles. The number of rotatable bonds is 6. The average molecular weight is 475 g/mol. The zero-order valence-corrected chi connectivity index (χ0v) is 21.1. The number of hydrogen-bond donors (Lipinski definition) is 2. The average Bonchev–Trinajstić information content (AvgIpc) is 2.70. The summed E-state index contributed by atoms with van der Waals surface area (Å²) in [6, 6.07) is 9.02. The normalized spacial score (nSPS) is 20.9. The monoisotopic (exact) mass is 474 g/mol. The van der Waals surface area contributed by atoms with Crippen molar-refractivity contribution in [2.24, 2.45) is 5.92 Å². The Morgan fingerprint density at radius 3 is 2.18 bits per heavy atom. The third kappa shape index (κ3) is 10.7. The Hall–Kier alpha value is -3.03. The SMILES string of the molecule is CC(C)(C)OC(=O)C=C[C@@H]1C[C@H](NC(=O)OC(C)(C)C)CC[C@@H]1NC(=O)OCc1ccccc1. The number of carbonyl (C=O) groups is 3. The molecule has 0 radical (unpaired) electrons. The molecule has 8 nitrogen and oxygen atoms in total. The molecule has 1 aromatic rings. The van der Waals surface area contributed by atoms with E-state index in [1.54, 1.807) is 47.6 Å². The van der Waals surface area contributed by atoms with Crippen LogP contribution >= 0.6 is 0 Å². The van der Waals surface area contributed by atoms with Crippen molar-refractivity contribution in [2.75, 3.05) is 0 Å². The predicted octanol–water partition coefficient (Wildman–Crippen LogP) is 4.87. The number of ether oxygens (including phenoxy) is 3. The molecule has 1 aliphatic rings. The number of benzene rings is 1. The third-order valence-electron chi connectivity index (χ3n) is 5.02. The maximum atomic E-state index is 12.4. The van der Waals surface area contributed by atoms with Crippen molar-refractivity contribution in [2.45, 2.75) is 90.7 Å². The standard InChI is InChI=1S/C26H38N2O6/c1-25(2,3)33-22(29)15-12-19-16-20(27-24(31)34-26(4,5)6)13-14-21(19)28-23(30)32-17-18-10-8-7-9-11-18/h7-12,15,19-21H,13-14,16-17H2,1-6H3,(H,27,31)(H,28,30)/t19-,20-,21+/m1/s1. The first-order chi connectivity index (χ1) is 15.8. The van der Waals surface area contributed by atoms with Crippen LogP contribution in [0.25, 0.3) is 0 Å². The lowest BCUT2D eigenvalue weighted by Gasteiger charge is -2.35. The summed E-state index contributed by atoms with van der Waals surface area (Å²) in [6.45, 7) is 11.0. The summed E-state index contributed by atoms with van der Waals surface area (Å²) >= 11 is 0. The van der Waals surface area contributed by atoms with Gasteiger partial charge in [0.05, 0.1) is 0 Å². The smallest absolute Gasteiger partial charge is 0.407 e. The van der Waals surface area contributed by atoms with E-state index in [9.17, 15) is 14.4 Å². The minimum Gasteiger partial charge on any atom is -0.457 e. The third-order valence-corrected chi connectivity index (χ3v) is 5.02. The minimum absolute atomic E-state index is 0.151. The largest absolute Gasteiger partial charge is 0.457 e. The fourth-order valence-electron chi connectivity index (χ4n) is 3.66. The molecule has 0 unspecified atom stereocenters. The molecule has 3 atom stereocenters. The molecule has 34 heavy (non-hydrogen) atoms. The van der Waals surface area contributed by atoms with E-state index in [1.807, 2.05) is 30.3 Å². The van der Waals surface area contributed by atoms with Crippen LogP contribution in [0.5, 0.6) is 0 Å². The quantitative estimate of drug-likeness (QED) is 0.346. The van der Waals surface area contributed by atoms with Crippen molar-refractivity contribution in [1.29, 1.82) is 0 Å². The summed E-state index contributed by atoms with van der Waals surface area (Å²) in [5.41, 5.74) is -0.306. The van der Waals surface area contributed by atoms with Gasteiger partial charge in [0.2, 0.25) is 0 Å². The van der Waals surface area contributed by atoms with Crippen LogP contribution in [0, 0.1) is 5.92 Å². The van der Waals surface area contributed by atoms with Crippen molar-refractivity contribution in [3.8, 4) is 0 Å². The van der Waals surface area contributed by atoms with Gasteiger partial charge in [-0.1, -0.05) is 36.4 Å². The van der Waals surface area contributed by atoms with E-state index in [4.69, 9.17) is 14.2 Å². The summed E-state index contributed by atoms with van der Waals surface area (Å²) < 4.78 is 16.1. The topological polar surface area (TPSA) is 103 Å². The van der Waals surface area contributed by atoms with Gasteiger partial charge in [0.1, 0.15) is 17.8 Å². The Kier molecular flexibility index (Phi) is 9.53. The number of esters is 1. The Morgan fingerprint density at radius 1 is 0.912 bits per heavy atom. The fraction of sp³-hybridized carbons (Fsp3) is 0.577. The van der Waals surface area contributed by atoms with Crippen LogP contribution in [0.1, 0.15) is 66.4 Å². The summed E-state index contributed by atoms with van der Waals surface area (Å²) in [5, 5.41) is 5.81. The van der Waals surface area contributed by atoms with E-state index in [1.165, 1.54) is 6.08 Å². The molecule has 0 bridgehead atoms. The summed E-state index contributed by atoms with van der Waals surface area (Å²) in [4.78, 5) is 36.8. The van der Waals surface area contributed by atoms with Crippen molar-refractivity contribution in [1.82, 2.24) is 10.6 Å². The first-order valence-corrected chi connectivity index (χ1v) is 11.7. The highest BCUT2D eigenvalue weighted by Gasteiger charge is 2.32. The van der Waals surface area contributed by atoms with Gasteiger partial charge in [0.15, 0.2) is 0 Å². The highest BCUT2D eigenvalue weighted by molar-refractivity contribution is 5.82. The molecule has 188 valence electrons. The Labute approximate surface area is 202 Å². The second kappa shape index (κ2) is 11.9. The molecule has 1 saturated carbocycles. The van der Waals surface area contributed by atoms with Crippen molar-refractivity contribution in [3.05, 3.63) is 48.0 Å². The molecule has 1 aromatic carbocycles. The van der Waals surface area contributed by atoms with Crippen molar-refractivity contribution in [3.63, 3.8) is 0 Å². The number of nitrogens with one attached hydrogen (secondary N) is 2. The zero-order chi connectivity index (χ0) is 25.4. The zero-order valence-electron chi connectivity index (χ0n) is 21.1. The van der Waals surface area contributed by atoms with Gasteiger partial charge in [-0.05, 0) is 72.3 Å². The summed E-state index contributed by atoms with van der Waals surface area (Å²) in [5.74, 6) is -0.661. The van der Waals surface area contributed by atoms with Crippen LogP contribution in [0.4, 0.5) is 9.59 Å². The highest BCUT2D eigenvalue weighted by Crippen LogP contribution is 2.27. The Balaban J connectivity index is 2.01. The molecule has 1 aliphatic carbocycles. The maximum absolute atomic E-state index is 12.4. The first kappa shape index (κ1) is 27.2. The molecule has 2 rings (SSSR count). The lowest BCUT2D eigenvalue weighted by Crippen LogP contribution is -2.49. The van der Waals surface area contributed by atoms with Gasteiger partial charge in [-0.15, -0.1) is 0 Å². The van der Waals surface area contributed by atoms with Crippen LogP contribution in [0.2, 0.25) is 0 Å². The van der Waals surface area contributed by atoms with Crippen LogP contribution < -0.4 is 10.6 Å². The molecule has 2 N–H and O–H groups in total. The van der Waals surface area contributed by atoms with E-state index >= 15 is 0 Å². The molecule has 0 spiro atoms. The molecule has 8 heteroatoms. The van der Waals surface area contributed by atoms with Crippen molar-refractivity contribution >= 4 is 18.2 Å². The maximum Gasteiger partial charge on any atom is 0.407 e. The number of alkyl carbamates (subject to hydrolysis) is 2. The lowest BCUT2D eigenvalue weighted by atomic mass is 9.81. The van der Waals surface area contributed by atoms with Gasteiger partial charge in [0.25, 0.3) is 0 Å². The number of carbonyl (C=O) groups excluding carboxylic acids is 3. The molecule has 0 heterocycles. The molecule has 2 amide bonds. The van der Waals surface area contributed by atoms with Crippen molar-refractivity contribution < 1.29 is 28.6 Å². The van der Waals surface area contributed by atoms with Gasteiger partial charge < -0.3 is 24.8 Å². The summed E-state index contributed by atoms with van der Waals surface area (Å²) in [6.07, 6.45) is 3.89. The number of amides is 2. The fourth-order valence-corrected chi connectivity index (χ4v) is 3.66. The molecule has 0 saturated heterocycles. The van der Waals surface area contributed by atoms with E-state index in [-0.39, 0.29) is 24.6 Å². The van der Waals surface area contributed by atoms with Gasteiger partial charge in [-0.25, -0.2) is 14.4 Å². The molecular formula is C26H38N2O6. The van der Waals surface area contributed by atoms with Gasteiger partial charge in [0, 0.05) is 18.2 Å². The second-order valence-electron chi connectivity index (χ2n) is 10.5. The van der Waals surface area contributed by atoms with E-state index in [2.05, 4.69) is 10.6 Å². The lowest BCUT2D eigenvalue weighted by molar-refractivity contribution is -0.148. The first-order valence-electron chi connectivity index (χ1n) is 11.7. The minimum atomic E-state index is -0.603. The van der Waals surface area contributed by atoms with Crippen LogP contribution in [0.15, 0.2) is 42.5 Å². The van der Waals surface area contributed by atoms with E-state index < -0.39 is 29.4 Å². The van der Waals surface area contributed by atoms with Crippen LogP contribution in [-0.2, 0) is 25.6 Å². The highest BCUT2D eigenvalue weighted by atomic mass is 16.6. The molecule has 0 aliphatic heterocycles. The number of hydrogen-bond acceptors (Lipinski definition) is 6. The van der Waals surface area contributed by atoms with E-state index in [0.29, 0.717) is 19.3 Å². The summed E-state index contributed by atoms with van der Waals surface area (Å²) in [7, 11) is 0. The second-order valence-corrected chi connectivity index (χ2v) is 10.5.